The number of halogens is 2. The Morgan fingerprint density at radius 2 is 1.89 bits per heavy atom. The van der Waals surface area contributed by atoms with Crippen LogP contribution in [0.15, 0.2) is 24.3 Å². The summed E-state index contributed by atoms with van der Waals surface area (Å²) in [5.41, 5.74) is 7.86. The third kappa shape index (κ3) is 3.62. The van der Waals surface area contributed by atoms with Crippen molar-refractivity contribution in [2.24, 2.45) is 5.73 Å². The zero-order valence-corrected chi connectivity index (χ0v) is 15.3. The van der Waals surface area contributed by atoms with Gasteiger partial charge in [0.1, 0.15) is 5.82 Å². The third-order valence-corrected chi connectivity index (χ3v) is 5.36. The molecule has 2 aliphatic rings. The van der Waals surface area contributed by atoms with Gasteiger partial charge in [-0.3, -0.25) is 4.79 Å². The van der Waals surface area contributed by atoms with E-state index in [0.717, 1.165) is 31.2 Å². The first kappa shape index (κ1) is 18.6. The maximum Gasteiger partial charge on any atom is 0.254 e. The second-order valence-corrected chi connectivity index (χ2v) is 7.28. The van der Waals surface area contributed by atoms with Gasteiger partial charge >= 0.3 is 0 Å². The van der Waals surface area contributed by atoms with E-state index >= 15 is 0 Å². The number of nitrogens with zero attached hydrogens (tertiary/aromatic N) is 1. The lowest BCUT2D eigenvalue weighted by Crippen LogP contribution is -2.43. The highest BCUT2D eigenvalue weighted by molar-refractivity contribution is 6.02. The average Bonchev–Trinajstić information content (AvgIpc) is 3.08. The Labute approximate surface area is 162 Å². The fourth-order valence-corrected chi connectivity index (χ4v) is 3.79. The summed E-state index contributed by atoms with van der Waals surface area (Å²) >= 11 is 0. The van der Waals surface area contributed by atoms with Crippen LogP contribution in [0.1, 0.15) is 52.9 Å². The smallest absolute Gasteiger partial charge is 0.254 e. The predicted octanol–water partition coefficient (Wildman–Crippen LogP) is 3.46. The molecule has 146 valence electrons. The molecule has 1 saturated carbocycles. The van der Waals surface area contributed by atoms with E-state index < -0.39 is 5.82 Å². The van der Waals surface area contributed by atoms with E-state index in [2.05, 4.69) is 15.6 Å². The van der Waals surface area contributed by atoms with Crippen LogP contribution in [0.2, 0.25) is 0 Å². The van der Waals surface area contributed by atoms with E-state index in [1.807, 2.05) is 0 Å². The molecule has 1 aromatic carbocycles. The van der Waals surface area contributed by atoms with Gasteiger partial charge in [0.2, 0.25) is 0 Å². The van der Waals surface area contributed by atoms with Crippen LogP contribution in [0, 0.1) is 11.6 Å². The van der Waals surface area contributed by atoms with E-state index in [1.54, 1.807) is 24.3 Å². The summed E-state index contributed by atoms with van der Waals surface area (Å²) in [5.74, 6) is -1.06. The van der Waals surface area contributed by atoms with Gasteiger partial charge in [-0.25, -0.2) is 13.8 Å². The van der Waals surface area contributed by atoms with Crippen LogP contribution in [0.4, 0.5) is 14.6 Å². The maximum absolute atomic E-state index is 15.0. The molecule has 0 bridgehead atoms. The second-order valence-electron chi connectivity index (χ2n) is 7.28. The molecule has 0 radical (unpaired) electrons. The van der Waals surface area contributed by atoms with Gasteiger partial charge in [0.05, 0.1) is 11.3 Å². The first-order valence-corrected chi connectivity index (χ1v) is 9.49. The van der Waals surface area contributed by atoms with Gasteiger partial charge in [0.15, 0.2) is 11.6 Å². The number of amides is 1. The fraction of sp³-hybridized carbons (Fsp3) is 0.333. The summed E-state index contributed by atoms with van der Waals surface area (Å²) < 4.78 is 28.1. The quantitative estimate of drug-likeness (QED) is 0.754. The molecule has 1 aliphatic heterocycles. The number of hydrogen-bond acceptors (Lipinski definition) is 4. The number of fused-ring (bicyclic) bond motifs is 1. The van der Waals surface area contributed by atoms with Gasteiger partial charge in [0, 0.05) is 24.2 Å². The maximum atomic E-state index is 15.0. The summed E-state index contributed by atoms with van der Waals surface area (Å²) in [4.78, 5) is 16.6. The van der Waals surface area contributed by atoms with Crippen molar-refractivity contribution < 1.29 is 13.6 Å². The van der Waals surface area contributed by atoms with Gasteiger partial charge in [-0.2, -0.15) is 0 Å². The minimum Gasteiger partial charge on any atom is -0.363 e. The van der Waals surface area contributed by atoms with E-state index in [4.69, 9.17) is 5.73 Å². The molecule has 2 atom stereocenters. The topological polar surface area (TPSA) is 80.0 Å². The van der Waals surface area contributed by atoms with Crippen LogP contribution in [-0.4, -0.2) is 23.0 Å². The lowest BCUT2D eigenvalue weighted by atomic mass is 9.91. The van der Waals surface area contributed by atoms with Gasteiger partial charge in [-0.05, 0) is 36.6 Å². The Morgan fingerprint density at radius 3 is 2.64 bits per heavy atom. The Balaban J connectivity index is 1.69. The molecule has 4 rings (SSSR count). The minimum absolute atomic E-state index is 0.0483. The number of nitrogens with two attached hydrogens (primary N) is 1. The largest absolute Gasteiger partial charge is 0.363 e. The summed E-state index contributed by atoms with van der Waals surface area (Å²) in [6.07, 6.45) is 7.24. The minimum atomic E-state index is -0.509. The van der Waals surface area contributed by atoms with Crippen molar-refractivity contribution in [1.29, 1.82) is 0 Å². The van der Waals surface area contributed by atoms with Crippen molar-refractivity contribution >= 4 is 23.9 Å². The average molecular weight is 384 g/mol. The number of rotatable bonds is 4. The Morgan fingerprint density at radius 1 is 1.14 bits per heavy atom. The molecule has 4 N–H and O–H groups in total. The monoisotopic (exact) mass is 384 g/mol. The molecule has 0 spiro atoms. The molecular formula is C21H22F2N4O. The number of carbonyl (C=O) groups is 1. The van der Waals surface area contributed by atoms with Gasteiger partial charge in [-0.1, -0.05) is 31.1 Å². The van der Waals surface area contributed by atoms with Crippen LogP contribution in [-0.2, 0) is 6.54 Å². The van der Waals surface area contributed by atoms with Crippen molar-refractivity contribution in [2.75, 3.05) is 5.32 Å². The number of pyridine rings is 1. The normalized spacial score (nSPS) is 21.6. The lowest BCUT2D eigenvalue weighted by molar-refractivity contribution is 0.0965. The van der Waals surface area contributed by atoms with Gasteiger partial charge in [-0.15, -0.1) is 0 Å². The zero-order valence-electron chi connectivity index (χ0n) is 15.3. The Bertz CT molecular complexity index is 927. The molecular weight excluding hydrogens is 362 g/mol. The van der Waals surface area contributed by atoms with Gasteiger partial charge in [0.25, 0.3) is 5.91 Å². The molecule has 0 unspecified atom stereocenters. The highest BCUT2D eigenvalue weighted by atomic mass is 19.1. The zero-order chi connectivity index (χ0) is 19.7. The van der Waals surface area contributed by atoms with Crippen molar-refractivity contribution in [3.05, 3.63) is 58.3 Å². The first-order chi connectivity index (χ1) is 13.5. The first-order valence-electron chi connectivity index (χ1n) is 9.49. The summed E-state index contributed by atoms with van der Waals surface area (Å²) in [6.45, 7) is 0.130. The van der Waals surface area contributed by atoms with Crippen LogP contribution in [0.25, 0.3) is 12.2 Å². The standard InChI is InChI=1S/C21H22F2N4O/c22-13-8-5-12(6-9-13)7-10-17-18-14(11-25-21(18)28)19(23)20(27-17)26-16-4-2-1-3-15(16)24/h5-10,15-16H,1-4,11,24H2,(H,25,28)(H,26,27)/t15-,16+/m0/s1. The molecule has 7 heteroatoms. The van der Waals surface area contributed by atoms with Gasteiger partial charge < -0.3 is 16.4 Å². The third-order valence-electron chi connectivity index (χ3n) is 5.36. The number of hydrogen-bond donors (Lipinski definition) is 3. The van der Waals surface area contributed by atoms with E-state index in [-0.39, 0.29) is 41.7 Å². The number of aromatic nitrogens is 1. The molecule has 2 heterocycles. The number of benzene rings is 1. The molecule has 1 amide bonds. The summed E-state index contributed by atoms with van der Waals surface area (Å²) in [5, 5.41) is 5.81. The second kappa shape index (κ2) is 7.67. The summed E-state index contributed by atoms with van der Waals surface area (Å²) in [6, 6.07) is 5.85. The molecule has 1 aromatic heterocycles. The van der Waals surface area contributed by atoms with Crippen LogP contribution in [0.5, 0.6) is 0 Å². The van der Waals surface area contributed by atoms with Crippen LogP contribution in [0.3, 0.4) is 0 Å². The fourth-order valence-electron chi connectivity index (χ4n) is 3.79. The van der Waals surface area contributed by atoms with E-state index in [9.17, 15) is 13.6 Å². The van der Waals surface area contributed by atoms with Crippen LogP contribution >= 0.6 is 0 Å². The molecule has 2 aromatic rings. The Hall–Kier alpha value is -2.80. The van der Waals surface area contributed by atoms with Crippen molar-refractivity contribution in [3.63, 3.8) is 0 Å². The number of nitrogens with one attached hydrogen (secondary N) is 2. The van der Waals surface area contributed by atoms with Crippen molar-refractivity contribution in [3.8, 4) is 0 Å². The van der Waals surface area contributed by atoms with Crippen molar-refractivity contribution in [2.45, 2.75) is 44.3 Å². The van der Waals surface area contributed by atoms with E-state index in [0.29, 0.717) is 11.3 Å². The number of anilines is 1. The number of carbonyl (C=O) groups excluding carboxylic acids is 1. The lowest BCUT2D eigenvalue weighted by Gasteiger charge is -2.30. The molecule has 5 nitrogen and oxygen atoms in total. The molecule has 0 saturated heterocycles. The van der Waals surface area contributed by atoms with E-state index in [1.165, 1.54) is 12.1 Å². The highest BCUT2D eigenvalue weighted by Crippen LogP contribution is 2.29. The predicted molar refractivity (Wildman–Crippen MR) is 105 cm³/mol. The molecule has 28 heavy (non-hydrogen) atoms. The van der Waals surface area contributed by atoms with Crippen LogP contribution < -0.4 is 16.4 Å². The molecule has 1 fully saturated rings. The summed E-state index contributed by atoms with van der Waals surface area (Å²) in [7, 11) is 0. The highest BCUT2D eigenvalue weighted by Gasteiger charge is 2.30. The SMILES string of the molecule is N[C@H]1CCCC[C@H]1Nc1nc(C=Cc2ccc(F)cc2)c2c(c1F)CNC2=O. The molecule has 1 aliphatic carbocycles. The van der Waals surface area contributed by atoms with Crippen molar-refractivity contribution in [1.82, 2.24) is 10.3 Å². The Kier molecular flexibility index (Phi) is 5.09.